The van der Waals surface area contributed by atoms with Gasteiger partial charge in [0.15, 0.2) is 6.04 Å². The molecule has 0 aliphatic rings. The van der Waals surface area contributed by atoms with Gasteiger partial charge in [-0.05, 0) is 38.6 Å². The third-order valence-corrected chi connectivity index (χ3v) is 5.37. The van der Waals surface area contributed by atoms with E-state index in [-0.39, 0.29) is 18.1 Å². The average Bonchev–Trinajstić information content (AvgIpc) is 2.72. The van der Waals surface area contributed by atoms with Crippen LogP contribution in [0.1, 0.15) is 46.5 Å². The van der Waals surface area contributed by atoms with Crippen molar-refractivity contribution in [1.29, 1.82) is 0 Å². The second-order valence-electron chi connectivity index (χ2n) is 7.57. The molecule has 0 saturated heterocycles. The largest absolute Gasteiger partial charge is 0.480 e. The lowest BCUT2D eigenvalue weighted by Crippen LogP contribution is -2.59. The Balaban J connectivity index is 5.29. The molecular weight excluding hydrogens is 426 g/mol. The third-order valence-electron chi connectivity index (χ3n) is 5.00. The lowest BCUT2D eigenvalue weighted by molar-refractivity contribution is -0.145. The molecule has 0 aliphatic carbocycles. The fourth-order valence-electron chi connectivity index (χ4n) is 2.65. The molecule has 0 rings (SSSR count). The summed E-state index contributed by atoms with van der Waals surface area (Å²) >= 11 is 4.10. The van der Waals surface area contributed by atoms with E-state index in [4.69, 9.17) is 16.6 Å². The minimum Gasteiger partial charge on any atom is -0.480 e. The van der Waals surface area contributed by atoms with Crippen LogP contribution in [0, 0.1) is 5.92 Å². The third kappa shape index (κ3) is 10.3. The summed E-state index contributed by atoms with van der Waals surface area (Å²) in [6, 6.07) is -4.45. The van der Waals surface area contributed by atoms with E-state index >= 15 is 0 Å². The topological polar surface area (TPSA) is 197 Å². The molecule has 31 heavy (non-hydrogen) atoms. The Morgan fingerprint density at radius 2 is 1.52 bits per heavy atom. The standard InChI is InChI=1S/C19H37N5O6S/c1-4-10(2)14(21)18(28)23-13(9-31)17(27)22-12(7-5-6-8-20)16(26)24-15(11(3)25)19(29)30/h10-15,25,31H,4-9,20-21H2,1-3H3,(H,22,27)(H,23,28)(H,24,26)(H,29,30). The van der Waals surface area contributed by atoms with Gasteiger partial charge in [0.2, 0.25) is 17.7 Å². The highest BCUT2D eigenvalue weighted by Crippen LogP contribution is 2.07. The lowest BCUT2D eigenvalue weighted by atomic mass is 9.99. The summed E-state index contributed by atoms with van der Waals surface area (Å²) in [6.07, 6.45) is 0.630. The second-order valence-corrected chi connectivity index (χ2v) is 7.93. The summed E-state index contributed by atoms with van der Waals surface area (Å²) in [5.41, 5.74) is 11.4. The van der Waals surface area contributed by atoms with Crippen molar-refractivity contribution in [2.45, 2.75) is 76.7 Å². The van der Waals surface area contributed by atoms with Crippen LogP contribution in [0.15, 0.2) is 0 Å². The maximum Gasteiger partial charge on any atom is 0.328 e. The van der Waals surface area contributed by atoms with E-state index in [0.717, 1.165) is 0 Å². The number of carboxylic acid groups (broad SMARTS) is 1. The molecule has 0 spiro atoms. The Morgan fingerprint density at radius 1 is 0.968 bits per heavy atom. The SMILES string of the molecule is CCC(C)C(N)C(=O)NC(CS)C(=O)NC(CCCCN)C(=O)NC(C(=O)O)C(C)O. The molecule has 180 valence electrons. The predicted molar refractivity (Wildman–Crippen MR) is 119 cm³/mol. The molecule has 0 aromatic carbocycles. The first-order valence-electron chi connectivity index (χ1n) is 10.4. The van der Waals surface area contributed by atoms with Gasteiger partial charge >= 0.3 is 5.97 Å². The van der Waals surface area contributed by atoms with Crippen molar-refractivity contribution in [3.8, 4) is 0 Å². The highest BCUT2D eigenvalue weighted by atomic mass is 32.1. The molecule has 6 unspecified atom stereocenters. The highest BCUT2D eigenvalue weighted by molar-refractivity contribution is 7.80. The van der Waals surface area contributed by atoms with Gasteiger partial charge in [0.25, 0.3) is 0 Å². The number of aliphatic carboxylic acids is 1. The normalized spacial score (nSPS) is 16.9. The second kappa shape index (κ2) is 15.0. The van der Waals surface area contributed by atoms with Crippen molar-refractivity contribution < 1.29 is 29.4 Å². The lowest BCUT2D eigenvalue weighted by Gasteiger charge is -2.26. The highest BCUT2D eigenvalue weighted by Gasteiger charge is 2.31. The molecule has 0 aromatic heterocycles. The number of thiol groups is 1. The summed E-state index contributed by atoms with van der Waals surface area (Å²) < 4.78 is 0. The molecule has 0 fully saturated rings. The van der Waals surface area contributed by atoms with Gasteiger partial charge in [-0.25, -0.2) is 4.79 Å². The predicted octanol–water partition coefficient (Wildman–Crippen LogP) is -1.66. The van der Waals surface area contributed by atoms with E-state index in [1.165, 1.54) is 6.92 Å². The van der Waals surface area contributed by atoms with E-state index in [1.54, 1.807) is 0 Å². The van der Waals surface area contributed by atoms with Crippen LogP contribution in [0.5, 0.6) is 0 Å². The Hall–Kier alpha value is -1.89. The zero-order chi connectivity index (χ0) is 24.1. The fourth-order valence-corrected chi connectivity index (χ4v) is 2.91. The summed E-state index contributed by atoms with van der Waals surface area (Å²) in [5, 5.41) is 26.0. The molecule has 0 aromatic rings. The molecule has 0 aliphatic heterocycles. The van der Waals surface area contributed by atoms with Crippen LogP contribution in [0.4, 0.5) is 0 Å². The molecule has 0 heterocycles. The maximum atomic E-state index is 12.7. The molecule has 0 bridgehead atoms. The van der Waals surface area contributed by atoms with Gasteiger partial charge in [-0.1, -0.05) is 20.3 Å². The minimum absolute atomic E-state index is 0.0344. The van der Waals surface area contributed by atoms with Crippen molar-refractivity contribution >= 4 is 36.3 Å². The van der Waals surface area contributed by atoms with Crippen LogP contribution in [0.3, 0.4) is 0 Å². The molecule has 11 nitrogen and oxygen atoms in total. The van der Waals surface area contributed by atoms with Crippen LogP contribution < -0.4 is 27.4 Å². The first-order chi connectivity index (χ1) is 14.5. The number of aliphatic hydroxyl groups is 1. The molecule has 9 N–H and O–H groups in total. The summed E-state index contributed by atoms with van der Waals surface area (Å²) in [5.74, 6) is -3.46. The quantitative estimate of drug-likeness (QED) is 0.104. The number of unbranched alkanes of at least 4 members (excludes halogenated alkanes) is 1. The number of amides is 3. The van der Waals surface area contributed by atoms with Crippen molar-refractivity contribution in [2.24, 2.45) is 17.4 Å². The van der Waals surface area contributed by atoms with E-state index in [9.17, 15) is 24.3 Å². The Bertz CT molecular complexity index is 606. The number of carbonyl (C=O) groups excluding carboxylic acids is 3. The smallest absolute Gasteiger partial charge is 0.328 e. The number of hydrogen-bond donors (Lipinski definition) is 8. The van der Waals surface area contributed by atoms with Gasteiger partial charge < -0.3 is 37.6 Å². The minimum atomic E-state index is -1.53. The Kier molecular flexibility index (Phi) is 14.1. The van der Waals surface area contributed by atoms with Crippen LogP contribution in [0.2, 0.25) is 0 Å². The molecule has 0 saturated carbocycles. The zero-order valence-corrected chi connectivity index (χ0v) is 19.2. The summed E-state index contributed by atoms with van der Waals surface area (Å²) in [6.45, 7) is 5.33. The van der Waals surface area contributed by atoms with E-state index in [1.807, 2.05) is 13.8 Å². The number of carbonyl (C=O) groups is 4. The van der Waals surface area contributed by atoms with Gasteiger partial charge in [0, 0.05) is 5.75 Å². The maximum absolute atomic E-state index is 12.7. The Labute approximate surface area is 188 Å². The van der Waals surface area contributed by atoms with E-state index in [2.05, 4.69) is 28.6 Å². The van der Waals surface area contributed by atoms with Gasteiger partial charge in [0.1, 0.15) is 12.1 Å². The molecule has 12 heteroatoms. The number of nitrogens with two attached hydrogens (primary N) is 2. The number of carboxylic acids is 1. The zero-order valence-electron chi connectivity index (χ0n) is 18.3. The van der Waals surface area contributed by atoms with Gasteiger partial charge in [-0.15, -0.1) is 0 Å². The average molecular weight is 464 g/mol. The van der Waals surface area contributed by atoms with Crippen LogP contribution in [0.25, 0.3) is 0 Å². The van der Waals surface area contributed by atoms with Crippen molar-refractivity contribution in [3.63, 3.8) is 0 Å². The first kappa shape index (κ1) is 29.1. The van der Waals surface area contributed by atoms with E-state index in [0.29, 0.717) is 25.8 Å². The van der Waals surface area contributed by atoms with Gasteiger partial charge in [0.05, 0.1) is 12.1 Å². The van der Waals surface area contributed by atoms with Crippen molar-refractivity contribution in [2.75, 3.05) is 12.3 Å². The molecule has 6 atom stereocenters. The summed E-state index contributed by atoms with van der Waals surface area (Å²) in [4.78, 5) is 48.9. The van der Waals surface area contributed by atoms with Crippen LogP contribution in [-0.2, 0) is 19.2 Å². The molecule has 0 radical (unpaired) electrons. The van der Waals surface area contributed by atoms with Crippen LogP contribution >= 0.6 is 12.6 Å². The number of hydrogen-bond acceptors (Lipinski definition) is 8. The number of nitrogens with one attached hydrogen (secondary N) is 3. The van der Waals surface area contributed by atoms with Crippen molar-refractivity contribution in [1.82, 2.24) is 16.0 Å². The van der Waals surface area contributed by atoms with Crippen molar-refractivity contribution in [3.05, 3.63) is 0 Å². The molecular formula is C19H37N5O6S. The van der Waals surface area contributed by atoms with Gasteiger partial charge in [-0.2, -0.15) is 12.6 Å². The van der Waals surface area contributed by atoms with Gasteiger partial charge in [-0.3, -0.25) is 14.4 Å². The van der Waals surface area contributed by atoms with E-state index < -0.39 is 54.0 Å². The summed E-state index contributed by atoms with van der Waals surface area (Å²) in [7, 11) is 0. The molecule has 3 amide bonds. The monoisotopic (exact) mass is 463 g/mol. The fraction of sp³-hybridized carbons (Fsp3) is 0.789. The number of aliphatic hydroxyl groups excluding tert-OH is 1. The van der Waals surface area contributed by atoms with Crippen LogP contribution in [-0.4, -0.2) is 76.5 Å². The first-order valence-corrected chi connectivity index (χ1v) is 11.0. The Morgan fingerprint density at radius 3 is 1.97 bits per heavy atom. The number of rotatable bonds is 15.